The second kappa shape index (κ2) is 7.46. The van der Waals surface area contributed by atoms with Crippen LogP contribution in [0.1, 0.15) is 47.0 Å². The van der Waals surface area contributed by atoms with Gasteiger partial charge in [-0.25, -0.2) is 4.79 Å². The molecule has 0 heterocycles. The molecule has 0 N–H and O–H groups in total. The lowest BCUT2D eigenvalue weighted by Gasteiger charge is -2.19. The first-order valence-corrected chi connectivity index (χ1v) is 5.49. The predicted octanol–water partition coefficient (Wildman–Crippen LogP) is 3.05. The maximum atomic E-state index is 11.1. The second-order valence-corrected chi connectivity index (χ2v) is 3.84. The van der Waals surface area contributed by atoms with Crippen molar-refractivity contribution in [3.05, 3.63) is 12.2 Å². The highest BCUT2D eigenvalue weighted by atomic mass is 16.7. The zero-order valence-electron chi connectivity index (χ0n) is 10.2. The predicted molar refractivity (Wildman–Crippen MR) is 60.4 cm³/mol. The topological polar surface area (TPSA) is 35.5 Å². The number of carbonyl (C=O) groups is 1. The summed E-state index contributed by atoms with van der Waals surface area (Å²) in [4.78, 5) is 11.1. The lowest BCUT2D eigenvalue weighted by molar-refractivity contribution is -0.179. The Morgan fingerprint density at radius 2 is 2.00 bits per heavy atom. The molecular formula is C12H22O3. The minimum absolute atomic E-state index is 0.123. The number of hydrogen-bond donors (Lipinski definition) is 0. The number of rotatable bonds is 7. The molecule has 0 fully saturated rings. The molecule has 0 saturated heterocycles. The summed E-state index contributed by atoms with van der Waals surface area (Å²) in [7, 11) is 0. The van der Waals surface area contributed by atoms with E-state index in [-0.39, 0.29) is 6.10 Å². The van der Waals surface area contributed by atoms with E-state index in [1.54, 1.807) is 13.8 Å². The summed E-state index contributed by atoms with van der Waals surface area (Å²) in [5, 5.41) is 0. The van der Waals surface area contributed by atoms with Gasteiger partial charge in [0.15, 0.2) is 0 Å². The van der Waals surface area contributed by atoms with Gasteiger partial charge in [0.1, 0.15) is 0 Å². The van der Waals surface area contributed by atoms with Gasteiger partial charge in [0.2, 0.25) is 6.29 Å². The first kappa shape index (κ1) is 14.2. The van der Waals surface area contributed by atoms with Gasteiger partial charge in [-0.3, -0.25) is 0 Å². The molecule has 2 atom stereocenters. The van der Waals surface area contributed by atoms with Crippen LogP contribution in [0.3, 0.4) is 0 Å². The number of carbonyl (C=O) groups excluding carboxylic acids is 1. The van der Waals surface area contributed by atoms with Crippen molar-refractivity contribution in [3.8, 4) is 0 Å². The normalized spacial score (nSPS) is 14.4. The molecule has 0 aliphatic heterocycles. The molecule has 0 aromatic heterocycles. The quantitative estimate of drug-likeness (QED) is 0.371. The smallest absolute Gasteiger partial charge is 0.335 e. The molecule has 0 aromatic carbocycles. The van der Waals surface area contributed by atoms with Crippen molar-refractivity contribution in [1.82, 2.24) is 0 Å². The monoisotopic (exact) mass is 214 g/mol. The molecule has 3 heteroatoms. The van der Waals surface area contributed by atoms with Crippen molar-refractivity contribution in [3.63, 3.8) is 0 Å². The molecule has 0 bridgehead atoms. The van der Waals surface area contributed by atoms with E-state index in [1.165, 1.54) is 0 Å². The molecule has 0 rings (SSSR count). The van der Waals surface area contributed by atoms with Gasteiger partial charge in [-0.15, -0.1) is 0 Å². The van der Waals surface area contributed by atoms with E-state index in [1.807, 2.05) is 6.92 Å². The fourth-order valence-electron chi connectivity index (χ4n) is 1.17. The van der Waals surface area contributed by atoms with Gasteiger partial charge in [-0.2, -0.15) is 0 Å². The van der Waals surface area contributed by atoms with Gasteiger partial charge in [0.05, 0.1) is 6.10 Å². The Balaban J connectivity index is 3.77. The summed E-state index contributed by atoms with van der Waals surface area (Å²) in [5.74, 6) is -0.398. The highest BCUT2D eigenvalue weighted by Gasteiger charge is 2.13. The maximum absolute atomic E-state index is 11.1. The lowest BCUT2D eigenvalue weighted by atomic mass is 10.2. The van der Waals surface area contributed by atoms with Crippen molar-refractivity contribution in [2.24, 2.45) is 0 Å². The third-order valence-electron chi connectivity index (χ3n) is 2.01. The molecule has 3 nitrogen and oxygen atoms in total. The van der Waals surface area contributed by atoms with E-state index in [2.05, 4.69) is 13.5 Å². The molecule has 0 aliphatic rings. The largest absolute Gasteiger partial charge is 0.433 e. The van der Waals surface area contributed by atoms with Gasteiger partial charge in [-0.05, 0) is 27.2 Å². The minimum Gasteiger partial charge on any atom is -0.433 e. The van der Waals surface area contributed by atoms with E-state index in [9.17, 15) is 4.79 Å². The third-order valence-corrected chi connectivity index (χ3v) is 2.01. The number of ether oxygens (including phenoxy) is 2. The van der Waals surface area contributed by atoms with E-state index in [4.69, 9.17) is 9.47 Å². The van der Waals surface area contributed by atoms with Crippen LogP contribution >= 0.6 is 0 Å². The Bertz CT molecular complexity index is 211. The Morgan fingerprint density at radius 1 is 1.40 bits per heavy atom. The highest BCUT2D eigenvalue weighted by Crippen LogP contribution is 2.08. The third kappa shape index (κ3) is 7.14. The second-order valence-electron chi connectivity index (χ2n) is 3.84. The van der Waals surface area contributed by atoms with Crippen LogP contribution in [-0.4, -0.2) is 18.4 Å². The van der Waals surface area contributed by atoms with Crippen molar-refractivity contribution >= 4 is 5.97 Å². The fourth-order valence-corrected chi connectivity index (χ4v) is 1.17. The molecule has 15 heavy (non-hydrogen) atoms. The number of hydrogen-bond acceptors (Lipinski definition) is 3. The molecule has 0 saturated carbocycles. The lowest BCUT2D eigenvalue weighted by Crippen LogP contribution is -2.23. The average molecular weight is 214 g/mol. The molecule has 2 unspecified atom stereocenters. The van der Waals surface area contributed by atoms with Crippen molar-refractivity contribution in [2.45, 2.75) is 59.4 Å². The Morgan fingerprint density at radius 3 is 2.47 bits per heavy atom. The van der Waals surface area contributed by atoms with Crippen molar-refractivity contribution in [1.29, 1.82) is 0 Å². The van der Waals surface area contributed by atoms with Gasteiger partial charge in [-0.1, -0.05) is 26.3 Å². The molecule has 0 radical (unpaired) electrons. The zero-order chi connectivity index (χ0) is 11.8. The SMILES string of the molecule is C=C(C)C(=O)OC(C)OC(C)CCCC. The molecule has 0 spiro atoms. The van der Waals surface area contributed by atoms with E-state index in [0.29, 0.717) is 5.57 Å². The van der Waals surface area contributed by atoms with Crippen LogP contribution in [-0.2, 0) is 14.3 Å². The molecular weight excluding hydrogens is 192 g/mol. The summed E-state index contributed by atoms with van der Waals surface area (Å²) in [6.45, 7) is 11.0. The van der Waals surface area contributed by atoms with Crippen LogP contribution in [0.5, 0.6) is 0 Å². The summed E-state index contributed by atoms with van der Waals surface area (Å²) < 4.78 is 10.5. The standard InChI is InChI=1S/C12H22O3/c1-6-7-8-10(4)14-11(5)15-12(13)9(2)3/h10-11H,2,6-8H2,1,3-5H3. The first-order chi connectivity index (χ1) is 6.97. The van der Waals surface area contributed by atoms with E-state index in [0.717, 1.165) is 19.3 Å². The van der Waals surface area contributed by atoms with Crippen LogP contribution in [0, 0.1) is 0 Å². The van der Waals surface area contributed by atoms with Gasteiger partial charge in [0.25, 0.3) is 0 Å². The fraction of sp³-hybridized carbons (Fsp3) is 0.750. The summed E-state index contributed by atoms with van der Waals surface area (Å²) in [6.07, 6.45) is 2.89. The molecule has 0 aromatic rings. The molecule has 0 amide bonds. The van der Waals surface area contributed by atoms with E-state index < -0.39 is 12.3 Å². The van der Waals surface area contributed by atoms with Crippen molar-refractivity contribution < 1.29 is 14.3 Å². The molecule has 0 aliphatic carbocycles. The summed E-state index contributed by atoms with van der Waals surface area (Å²) in [6, 6.07) is 0. The Hall–Kier alpha value is -0.830. The Kier molecular flexibility index (Phi) is 7.05. The van der Waals surface area contributed by atoms with Crippen LogP contribution in [0.4, 0.5) is 0 Å². The summed E-state index contributed by atoms with van der Waals surface area (Å²) >= 11 is 0. The van der Waals surface area contributed by atoms with Crippen LogP contribution in [0.15, 0.2) is 12.2 Å². The van der Waals surface area contributed by atoms with Crippen molar-refractivity contribution in [2.75, 3.05) is 0 Å². The first-order valence-electron chi connectivity index (χ1n) is 5.49. The van der Waals surface area contributed by atoms with E-state index >= 15 is 0 Å². The van der Waals surface area contributed by atoms with Gasteiger partial charge < -0.3 is 9.47 Å². The van der Waals surface area contributed by atoms with Crippen LogP contribution in [0.25, 0.3) is 0 Å². The zero-order valence-corrected chi connectivity index (χ0v) is 10.2. The van der Waals surface area contributed by atoms with Gasteiger partial charge in [0, 0.05) is 5.57 Å². The minimum atomic E-state index is -0.499. The Labute approximate surface area is 92.5 Å². The average Bonchev–Trinajstić information content (AvgIpc) is 2.14. The maximum Gasteiger partial charge on any atom is 0.335 e. The van der Waals surface area contributed by atoms with Crippen LogP contribution in [0.2, 0.25) is 0 Å². The number of unbranched alkanes of at least 4 members (excludes halogenated alkanes) is 1. The molecule has 88 valence electrons. The van der Waals surface area contributed by atoms with Crippen LogP contribution < -0.4 is 0 Å². The highest BCUT2D eigenvalue weighted by molar-refractivity contribution is 5.86. The summed E-state index contributed by atoms with van der Waals surface area (Å²) in [5.41, 5.74) is 0.395. The number of esters is 1. The van der Waals surface area contributed by atoms with Gasteiger partial charge >= 0.3 is 5.97 Å².